The van der Waals surface area contributed by atoms with E-state index < -0.39 is 0 Å². The molecule has 0 aromatic heterocycles. The number of benzene rings is 1. The maximum atomic E-state index is 13.2. The van der Waals surface area contributed by atoms with Crippen molar-refractivity contribution in [2.24, 2.45) is 0 Å². The lowest BCUT2D eigenvalue weighted by molar-refractivity contribution is -0.128. The molecule has 1 saturated heterocycles. The highest BCUT2D eigenvalue weighted by Crippen LogP contribution is 2.18. The molecule has 1 atom stereocenters. The second-order valence-corrected chi connectivity index (χ2v) is 7.89. The van der Waals surface area contributed by atoms with E-state index in [0.717, 1.165) is 39.0 Å². The number of piperazine rings is 1. The van der Waals surface area contributed by atoms with Gasteiger partial charge in [0.15, 0.2) is 0 Å². The third kappa shape index (κ3) is 6.01. The molecular formula is C21H31FN4O2. The Hall–Kier alpha value is -1.99. The SMILES string of the molecule is C[C@H](C(=O)NC1CCCCC1)N1CCN(CC(=O)Nc2cccc(F)c2)CC1. The maximum Gasteiger partial charge on any atom is 0.238 e. The number of halogens is 1. The molecule has 1 aromatic rings. The molecule has 28 heavy (non-hydrogen) atoms. The number of hydrogen-bond acceptors (Lipinski definition) is 4. The largest absolute Gasteiger partial charge is 0.352 e. The van der Waals surface area contributed by atoms with Crippen molar-refractivity contribution in [3.8, 4) is 0 Å². The van der Waals surface area contributed by atoms with Gasteiger partial charge in [0.2, 0.25) is 11.8 Å². The molecule has 2 fully saturated rings. The van der Waals surface area contributed by atoms with Crippen LogP contribution >= 0.6 is 0 Å². The molecule has 0 bridgehead atoms. The van der Waals surface area contributed by atoms with Gasteiger partial charge in [-0.2, -0.15) is 0 Å². The second kappa shape index (κ2) is 9.98. The van der Waals surface area contributed by atoms with Crippen molar-refractivity contribution < 1.29 is 14.0 Å². The zero-order chi connectivity index (χ0) is 19.9. The van der Waals surface area contributed by atoms with Gasteiger partial charge >= 0.3 is 0 Å². The Morgan fingerprint density at radius 1 is 1.14 bits per heavy atom. The van der Waals surface area contributed by atoms with Gasteiger partial charge < -0.3 is 10.6 Å². The minimum atomic E-state index is -0.369. The third-order valence-corrected chi connectivity index (χ3v) is 5.76. The molecule has 2 N–H and O–H groups in total. The number of nitrogens with one attached hydrogen (secondary N) is 2. The lowest BCUT2D eigenvalue weighted by Crippen LogP contribution is -2.55. The summed E-state index contributed by atoms with van der Waals surface area (Å²) in [6.07, 6.45) is 5.86. The zero-order valence-corrected chi connectivity index (χ0v) is 16.6. The summed E-state index contributed by atoms with van der Waals surface area (Å²) in [6.45, 7) is 5.21. The van der Waals surface area contributed by atoms with Crippen LogP contribution in [0.3, 0.4) is 0 Å². The minimum Gasteiger partial charge on any atom is -0.352 e. The van der Waals surface area contributed by atoms with Gasteiger partial charge in [0.05, 0.1) is 12.6 Å². The Morgan fingerprint density at radius 2 is 1.86 bits per heavy atom. The molecule has 1 heterocycles. The summed E-state index contributed by atoms with van der Waals surface area (Å²) < 4.78 is 13.2. The zero-order valence-electron chi connectivity index (χ0n) is 16.6. The van der Waals surface area contributed by atoms with Gasteiger partial charge in [0, 0.05) is 37.9 Å². The molecule has 3 rings (SSSR count). The highest BCUT2D eigenvalue weighted by Gasteiger charge is 2.27. The summed E-state index contributed by atoms with van der Waals surface area (Å²) in [7, 11) is 0. The maximum absolute atomic E-state index is 13.2. The van der Waals surface area contributed by atoms with Crippen molar-refractivity contribution in [2.75, 3.05) is 38.0 Å². The quantitative estimate of drug-likeness (QED) is 0.782. The van der Waals surface area contributed by atoms with Crippen molar-refractivity contribution in [2.45, 2.75) is 51.1 Å². The summed E-state index contributed by atoms with van der Waals surface area (Å²) in [6, 6.07) is 6.08. The van der Waals surface area contributed by atoms with Crippen LogP contribution in [0.15, 0.2) is 24.3 Å². The van der Waals surface area contributed by atoms with E-state index in [9.17, 15) is 14.0 Å². The Labute approximate surface area is 166 Å². The molecule has 1 saturated carbocycles. The number of hydrogen-bond donors (Lipinski definition) is 2. The number of carbonyl (C=O) groups excluding carboxylic acids is 2. The number of nitrogens with zero attached hydrogens (tertiary/aromatic N) is 2. The van der Waals surface area contributed by atoms with E-state index >= 15 is 0 Å². The lowest BCUT2D eigenvalue weighted by atomic mass is 9.95. The van der Waals surface area contributed by atoms with Gasteiger partial charge in [-0.05, 0) is 38.0 Å². The van der Waals surface area contributed by atoms with Crippen LogP contribution < -0.4 is 10.6 Å². The normalized spacial score (nSPS) is 20.5. The summed E-state index contributed by atoms with van der Waals surface area (Å²) in [5.74, 6) is -0.404. The van der Waals surface area contributed by atoms with Gasteiger partial charge in [0.25, 0.3) is 0 Å². The Morgan fingerprint density at radius 3 is 2.54 bits per heavy atom. The van der Waals surface area contributed by atoms with E-state index in [1.807, 2.05) is 6.92 Å². The highest BCUT2D eigenvalue weighted by molar-refractivity contribution is 5.92. The van der Waals surface area contributed by atoms with Crippen molar-refractivity contribution in [3.63, 3.8) is 0 Å². The molecule has 2 amide bonds. The van der Waals surface area contributed by atoms with Crippen LogP contribution in [0.25, 0.3) is 0 Å². The van der Waals surface area contributed by atoms with Crippen molar-refractivity contribution in [3.05, 3.63) is 30.1 Å². The van der Waals surface area contributed by atoms with Gasteiger partial charge in [-0.25, -0.2) is 4.39 Å². The second-order valence-electron chi connectivity index (χ2n) is 7.89. The topological polar surface area (TPSA) is 64.7 Å². The molecule has 0 unspecified atom stereocenters. The summed E-state index contributed by atoms with van der Waals surface area (Å²) in [5.41, 5.74) is 0.469. The molecule has 1 aliphatic heterocycles. The van der Waals surface area contributed by atoms with Crippen molar-refractivity contribution in [1.82, 2.24) is 15.1 Å². The fourth-order valence-corrected chi connectivity index (χ4v) is 4.01. The Bertz CT molecular complexity index is 670. The standard InChI is InChI=1S/C21H31FN4O2/c1-16(21(28)24-18-7-3-2-4-8-18)26-12-10-25(11-13-26)15-20(27)23-19-9-5-6-17(22)14-19/h5-6,9,14,16,18H,2-4,7-8,10-13,15H2,1H3,(H,23,27)(H,24,28)/t16-/m1/s1. The smallest absolute Gasteiger partial charge is 0.238 e. The molecule has 7 heteroatoms. The Balaban J connectivity index is 1.39. The van der Waals surface area contributed by atoms with Crippen LogP contribution in [0, 0.1) is 5.82 Å². The number of amides is 2. The lowest BCUT2D eigenvalue weighted by Gasteiger charge is -2.37. The van der Waals surface area contributed by atoms with E-state index in [1.54, 1.807) is 12.1 Å². The van der Waals surface area contributed by atoms with Crippen molar-refractivity contribution >= 4 is 17.5 Å². The number of carbonyl (C=O) groups is 2. The van der Waals surface area contributed by atoms with Crippen LogP contribution in [0.4, 0.5) is 10.1 Å². The van der Waals surface area contributed by atoms with Crippen molar-refractivity contribution in [1.29, 1.82) is 0 Å². The van der Waals surface area contributed by atoms with Crippen LogP contribution in [0.1, 0.15) is 39.0 Å². The van der Waals surface area contributed by atoms with E-state index in [1.165, 1.54) is 31.4 Å². The van der Waals surface area contributed by atoms with E-state index in [0.29, 0.717) is 11.7 Å². The average molecular weight is 391 g/mol. The molecule has 154 valence electrons. The summed E-state index contributed by atoms with van der Waals surface area (Å²) in [4.78, 5) is 29.0. The van der Waals surface area contributed by atoms with E-state index in [-0.39, 0.29) is 30.2 Å². The number of anilines is 1. The molecule has 6 nitrogen and oxygen atoms in total. The van der Waals surface area contributed by atoms with Gasteiger partial charge in [-0.15, -0.1) is 0 Å². The average Bonchev–Trinajstić information content (AvgIpc) is 2.68. The van der Waals surface area contributed by atoms with Gasteiger partial charge in [-0.3, -0.25) is 19.4 Å². The molecule has 2 aliphatic rings. The Kier molecular flexibility index (Phi) is 7.39. The van der Waals surface area contributed by atoms with Crippen LogP contribution in [0.5, 0.6) is 0 Å². The van der Waals surface area contributed by atoms with E-state index in [2.05, 4.69) is 20.4 Å². The molecule has 1 aliphatic carbocycles. The molecule has 0 radical (unpaired) electrons. The molecule has 0 spiro atoms. The fraction of sp³-hybridized carbons (Fsp3) is 0.619. The first kappa shape index (κ1) is 20.7. The third-order valence-electron chi connectivity index (χ3n) is 5.76. The van der Waals surface area contributed by atoms with Crippen LogP contribution in [0.2, 0.25) is 0 Å². The highest BCUT2D eigenvalue weighted by atomic mass is 19.1. The van der Waals surface area contributed by atoms with Gasteiger partial charge in [-0.1, -0.05) is 25.3 Å². The number of rotatable bonds is 6. The van der Waals surface area contributed by atoms with Gasteiger partial charge in [0.1, 0.15) is 5.82 Å². The van der Waals surface area contributed by atoms with Crippen LogP contribution in [-0.2, 0) is 9.59 Å². The predicted molar refractivity (Wildman–Crippen MR) is 108 cm³/mol. The van der Waals surface area contributed by atoms with E-state index in [4.69, 9.17) is 0 Å². The fourth-order valence-electron chi connectivity index (χ4n) is 4.01. The monoisotopic (exact) mass is 390 g/mol. The molecule has 1 aromatic carbocycles. The molecular weight excluding hydrogens is 359 g/mol. The first-order valence-corrected chi connectivity index (χ1v) is 10.3. The summed E-state index contributed by atoms with van der Waals surface area (Å²) in [5, 5.41) is 5.93. The first-order chi connectivity index (χ1) is 13.5. The van der Waals surface area contributed by atoms with Crippen LogP contribution in [-0.4, -0.2) is 66.4 Å². The summed E-state index contributed by atoms with van der Waals surface area (Å²) >= 11 is 0. The first-order valence-electron chi connectivity index (χ1n) is 10.3. The predicted octanol–water partition coefficient (Wildman–Crippen LogP) is 2.22. The minimum absolute atomic E-state index is 0.115.